The van der Waals surface area contributed by atoms with E-state index in [1.54, 1.807) is 22.7 Å². The van der Waals surface area contributed by atoms with Gasteiger partial charge < -0.3 is 5.32 Å². The summed E-state index contributed by atoms with van der Waals surface area (Å²) in [5, 5.41) is 15.0. The number of rotatable bonds is 6. The van der Waals surface area contributed by atoms with E-state index in [9.17, 15) is 0 Å². The van der Waals surface area contributed by atoms with Crippen molar-refractivity contribution in [1.82, 2.24) is 15.2 Å². The lowest BCUT2D eigenvalue weighted by Crippen LogP contribution is -2.12. The van der Waals surface area contributed by atoms with E-state index >= 15 is 0 Å². The zero-order valence-corrected chi connectivity index (χ0v) is 14.4. The molecule has 1 N–H and O–H groups in total. The molecule has 0 aliphatic rings. The fraction of sp³-hybridized carbons (Fsp3) is 0.643. The first-order valence-electron chi connectivity index (χ1n) is 7.06. The fourth-order valence-electron chi connectivity index (χ4n) is 1.77. The minimum absolute atomic E-state index is 0.426. The van der Waals surface area contributed by atoms with Crippen molar-refractivity contribution in [3.8, 4) is 9.88 Å². The van der Waals surface area contributed by atoms with Gasteiger partial charge in [0, 0.05) is 12.5 Å². The first kappa shape index (κ1) is 15.4. The Morgan fingerprint density at radius 3 is 2.55 bits per heavy atom. The zero-order chi connectivity index (χ0) is 14.7. The van der Waals surface area contributed by atoms with Gasteiger partial charge in [-0.3, -0.25) is 0 Å². The molecular formula is C14H22N4S2. The Morgan fingerprint density at radius 2 is 1.90 bits per heavy atom. The lowest BCUT2D eigenvalue weighted by atomic mass is 10.1. The molecule has 0 aromatic carbocycles. The molecule has 2 rings (SSSR count). The SMILES string of the molecule is CCC(C)Nc1nnc(-c2sc(CC(C)C)nc2C)s1. The zero-order valence-electron chi connectivity index (χ0n) is 12.7. The van der Waals surface area contributed by atoms with E-state index in [0.29, 0.717) is 12.0 Å². The molecule has 1 unspecified atom stereocenters. The van der Waals surface area contributed by atoms with Crippen LogP contribution in [0.4, 0.5) is 5.13 Å². The van der Waals surface area contributed by atoms with Crippen molar-refractivity contribution >= 4 is 27.8 Å². The van der Waals surface area contributed by atoms with E-state index < -0.39 is 0 Å². The minimum Gasteiger partial charge on any atom is -0.358 e. The Hall–Kier alpha value is -1.01. The highest BCUT2D eigenvalue weighted by atomic mass is 32.1. The maximum absolute atomic E-state index is 4.65. The van der Waals surface area contributed by atoms with Crippen molar-refractivity contribution in [2.45, 2.75) is 53.5 Å². The van der Waals surface area contributed by atoms with Crippen LogP contribution >= 0.6 is 22.7 Å². The summed E-state index contributed by atoms with van der Waals surface area (Å²) in [6.07, 6.45) is 2.11. The average molecular weight is 310 g/mol. The summed E-state index contributed by atoms with van der Waals surface area (Å²) in [5.74, 6) is 0.630. The fourth-order valence-corrected chi connectivity index (χ4v) is 4.03. The molecule has 2 aromatic heterocycles. The Bertz CT molecular complexity index is 559. The van der Waals surface area contributed by atoms with Crippen LogP contribution in [0, 0.1) is 12.8 Å². The number of thiazole rings is 1. The molecule has 0 fully saturated rings. The van der Waals surface area contributed by atoms with Crippen molar-refractivity contribution in [2.75, 3.05) is 5.32 Å². The maximum Gasteiger partial charge on any atom is 0.206 e. The van der Waals surface area contributed by atoms with Crippen molar-refractivity contribution in [3.05, 3.63) is 10.7 Å². The molecule has 2 heterocycles. The van der Waals surface area contributed by atoms with Crippen molar-refractivity contribution in [1.29, 1.82) is 0 Å². The lowest BCUT2D eigenvalue weighted by molar-refractivity contribution is 0.643. The largest absolute Gasteiger partial charge is 0.358 e. The van der Waals surface area contributed by atoms with Gasteiger partial charge >= 0.3 is 0 Å². The molecule has 2 aromatic rings. The van der Waals surface area contributed by atoms with Crippen molar-refractivity contribution < 1.29 is 0 Å². The molecule has 110 valence electrons. The molecule has 0 bridgehead atoms. The molecule has 0 saturated heterocycles. The Kier molecular flexibility index (Phi) is 5.10. The predicted octanol–water partition coefficient (Wildman–Crippen LogP) is 4.38. The number of aromatic nitrogens is 3. The second-order valence-corrected chi connectivity index (χ2v) is 7.55. The molecule has 0 radical (unpaired) electrons. The van der Waals surface area contributed by atoms with Crippen molar-refractivity contribution in [3.63, 3.8) is 0 Å². The van der Waals surface area contributed by atoms with E-state index in [4.69, 9.17) is 0 Å². The molecule has 6 heteroatoms. The van der Waals surface area contributed by atoms with Crippen LogP contribution < -0.4 is 5.32 Å². The summed E-state index contributed by atoms with van der Waals surface area (Å²) in [7, 11) is 0. The van der Waals surface area contributed by atoms with Crippen LogP contribution in [0.5, 0.6) is 0 Å². The van der Waals surface area contributed by atoms with Gasteiger partial charge in [-0.2, -0.15) is 0 Å². The smallest absolute Gasteiger partial charge is 0.206 e. The number of anilines is 1. The highest BCUT2D eigenvalue weighted by Crippen LogP contribution is 2.34. The predicted molar refractivity (Wildman–Crippen MR) is 87.7 cm³/mol. The molecule has 0 aliphatic heterocycles. The Labute approximate surface area is 128 Å². The summed E-state index contributed by atoms with van der Waals surface area (Å²) in [6, 6.07) is 0.426. The highest BCUT2D eigenvalue weighted by molar-refractivity contribution is 7.23. The molecule has 0 aliphatic carbocycles. The highest BCUT2D eigenvalue weighted by Gasteiger charge is 2.15. The van der Waals surface area contributed by atoms with Gasteiger partial charge in [0.15, 0.2) is 5.01 Å². The van der Waals surface area contributed by atoms with Crippen molar-refractivity contribution in [2.24, 2.45) is 5.92 Å². The Balaban J connectivity index is 2.17. The lowest BCUT2D eigenvalue weighted by Gasteiger charge is -2.07. The van der Waals surface area contributed by atoms with Gasteiger partial charge in [0.25, 0.3) is 0 Å². The standard InChI is InChI=1S/C14H22N4S2/c1-6-9(4)15-14-18-17-13(20-14)12-10(5)16-11(19-12)7-8(2)3/h8-9H,6-7H2,1-5H3,(H,15,18). The van der Waals surface area contributed by atoms with E-state index in [-0.39, 0.29) is 0 Å². The number of nitrogens with one attached hydrogen (secondary N) is 1. The van der Waals surface area contributed by atoms with Gasteiger partial charge in [0.1, 0.15) is 0 Å². The van der Waals surface area contributed by atoms with Crippen LogP contribution in [-0.2, 0) is 6.42 Å². The van der Waals surface area contributed by atoms with Gasteiger partial charge in [0.2, 0.25) is 5.13 Å². The minimum atomic E-state index is 0.426. The molecule has 0 spiro atoms. The first-order valence-corrected chi connectivity index (χ1v) is 8.69. The van der Waals surface area contributed by atoms with E-state index in [1.165, 1.54) is 5.01 Å². The molecule has 4 nitrogen and oxygen atoms in total. The summed E-state index contributed by atoms with van der Waals surface area (Å²) in [5.41, 5.74) is 1.07. The summed E-state index contributed by atoms with van der Waals surface area (Å²) in [6.45, 7) is 10.8. The third kappa shape index (κ3) is 3.76. The molecule has 1 atom stereocenters. The van der Waals surface area contributed by atoms with Gasteiger partial charge in [0.05, 0.1) is 15.6 Å². The van der Waals surface area contributed by atoms with Gasteiger partial charge in [-0.05, 0) is 26.2 Å². The van der Waals surface area contributed by atoms with E-state index in [0.717, 1.165) is 33.6 Å². The van der Waals surface area contributed by atoms with Crippen LogP contribution in [0.1, 0.15) is 44.8 Å². The summed E-state index contributed by atoms with van der Waals surface area (Å²) in [4.78, 5) is 5.81. The normalized spacial score (nSPS) is 12.9. The molecule has 0 saturated carbocycles. The van der Waals surface area contributed by atoms with Gasteiger partial charge in [-0.25, -0.2) is 4.98 Å². The molecule has 0 amide bonds. The maximum atomic E-state index is 4.65. The first-order chi connectivity index (χ1) is 9.49. The van der Waals surface area contributed by atoms with Crippen LogP contribution in [0.25, 0.3) is 9.88 Å². The summed E-state index contributed by atoms with van der Waals surface area (Å²) >= 11 is 3.36. The van der Waals surface area contributed by atoms with Crippen LogP contribution in [-0.4, -0.2) is 21.2 Å². The topological polar surface area (TPSA) is 50.7 Å². The second kappa shape index (κ2) is 6.63. The van der Waals surface area contributed by atoms with Crippen LogP contribution in [0.3, 0.4) is 0 Å². The molecular weight excluding hydrogens is 288 g/mol. The Morgan fingerprint density at radius 1 is 1.15 bits per heavy atom. The third-order valence-corrected chi connectivity index (χ3v) is 5.21. The second-order valence-electron chi connectivity index (χ2n) is 5.49. The van der Waals surface area contributed by atoms with E-state index in [1.807, 2.05) is 0 Å². The van der Waals surface area contributed by atoms with Crippen LogP contribution in [0.15, 0.2) is 0 Å². The van der Waals surface area contributed by atoms with Gasteiger partial charge in [-0.15, -0.1) is 21.5 Å². The monoisotopic (exact) mass is 310 g/mol. The number of aryl methyl sites for hydroxylation is 1. The number of hydrogen-bond donors (Lipinski definition) is 1. The van der Waals surface area contributed by atoms with Crippen LogP contribution in [0.2, 0.25) is 0 Å². The third-order valence-electron chi connectivity index (χ3n) is 3.03. The van der Waals surface area contributed by atoms with Gasteiger partial charge in [-0.1, -0.05) is 32.1 Å². The summed E-state index contributed by atoms with van der Waals surface area (Å²) < 4.78 is 0. The quantitative estimate of drug-likeness (QED) is 0.860. The average Bonchev–Trinajstić information content (AvgIpc) is 2.95. The molecule has 20 heavy (non-hydrogen) atoms. The van der Waals surface area contributed by atoms with E-state index in [2.05, 4.69) is 55.1 Å². The number of nitrogens with zero attached hydrogens (tertiary/aromatic N) is 3. The number of hydrogen-bond acceptors (Lipinski definition) is 6.